The lowest BCUT2D eigenvalue weighted by molar-refractivity contribution is -0.142. The SMILES string of the molecule is C=C(C)C(=O)OCC(O)COC(=O)c1c2ccccc2cc2ccccc12. The molecule has 0 aliphatic carbocycles. The summed E-state index contributed by atoms with van der Waals surface area (Å²) < 4.78 is 10.2. The Labute approximate surface area is 156 Å². The highest BCUT2D eigenvalue weighted by Crippen LogP contribution is 2.29. The average molecular weight is 364 g/mol. The molecule has 0 saturated carbocycles. The number of fused-ring (bicyclic) bond motifs is 2. The summed E-state index contributed by atoms with van der Waals surface area (Å²) in [6.45, 7) is 4.43. The van der Waals surface area contributed by atoms with E-state index in [0.717, 1.165) is 21.5 Å². The van der Waals surface area contributed by atoms with Crippen LogP contribution in [-0.4, -0.2) is 36.4 Å². The summed E-state index contributed by atoms with van der Waals surface area (Å²) >= 11 is 0. The third-order valence-electron chi connectivity index (χ3n) is 4.14. The monoisotopic (exact) mass is 364 g/mol. The molecule has 1 atom stereocenters. The number of carbonyl (C=O) groups is 2. The van der Waals surface area contributed by atoms with Crippen LogP contribution in [0.1, 0.15) is 17.3 Å². The molecule has 1 N–H and O–H groups in total. The number of carbonyl (C=O) groups excluding carboxylic acids is 2. The van der Waals surface area contributed by atoms with Gasteiger partial charge in [-0.3, -0.25) is 0 Å². The van der Waals surface area contributed by atoms with Crippen LogP contribution >= 0.6 is 0 Å². The van der Waals surface area contributed by atoms with Crippen LogP contribution in [0.3, 0.4) is 0 Å². The number of aliphatic hydroxyl groups is 1. The van der Waals surface area contributed by atoms with Crippen LogP contribution in [0.5, 0.6) is 0 Å². The van der Waals surface area contributed by atoms with Crippen molar-refractivity contribution in [2.24, 2.45) is 0 Å². The van der Waals surface area contributed by atoms with Gasteiger partial charge in [0.1, 0.15) is 19.3 Å². The van der Waals surface area contributed by atoms with E-state index in [1.807, 2.05) is 54.6 Å². The first-order valence-electron chi connectivity index (χ1n) is 8.55. The zero-order valence-electron chi connectivity index (χ0n) is 15.0. The molecular weight excluding hydrogens is 344 g/mol. The van der Waals surface area contributed by atoms with E-state index in [9.17, 15) is 14.7 Å². The Hall–Kier alpha value is -3.18. The molecule has 0 radical (unpaired) electrons. The van der Waals surface area contributed by atoms with Crippen LogP contribution in [0.2, 0.25) is 0 Å². The summed E-state index contributed by atoms with van der Waals surface area (Å²) in [6.07, 6.45) is -1.11. The minimum absolute atomic E-state index is 0.237. The minimum atomic E-state index is -1.11. The number of ether oxygens (including phenoxy) is 2. The van der Waals surface area contributed by atoms with Crippen molar-refractivity contribution < 1.29 is 24.2 Å². The van der Waals surface area contributed by atoms with Gasteiger partial charge in [-0.25, -0.2) is 9.59 Å². The third-order valence-corrected chi connectivity index (χ3v) is 4.14. The quantitative estimate of drug-likeness (QED) is 0.411. The normalized spacial score (nSPS) is 11.9. The molecule has 0 saturated heterocycles. The summed E-state index contributed by atoms with van der Waals surface area (Å²) in [5, 5.41) is 13.3. The zero-order chi connectivity index (χ0) is 19.4. The lowest BCUT2D eigenvalue weighted by atomic mass is 9.97. The molecule has 0 amide bonds. The Bertz CT molecular complexity index is 968. The largest absolute Gasteiger partial charge is 0.459 e. The molecule has 5 nitrogen and oxygen atoms in total. The maximum atomic E-state index is 12.8. The van der Waals surface area contributed by atoms with Gasteiger partial charge >= 0.3 is 11.9 Å². The first kappa shape index (κ1) is 18.6. The van der Waals surface area contributed by atoms with Crippen LogP contribution in [-0.2, 0) is 14.3 Å². The molecule has 3 rings (SSSR count). The highest BCUT2D eigenvalue weighted by Gasteiger charge is 2.18. The number of hydrogen-bond acceptors (Lipinski definition) is 5. The highest BCUT2D eigenvalue weighted by atomic mass is 16.6. The maximum Gasteiger partial charge on any atom is 0.339 e. The Morgan fingerprint density at radius 3 is 2.04 bits per heavy atom. The molecule has 0 fully saturated rings. The molecule has 3 aromatic rings. The molecule has 5 heteroatoms. The molecule has 0 aromatic heterocycles. The second kappa shape index (κ2) is 8.01. The summed E-state index contributed by atoms with van der Waals surface area (Å²) in [5.74, 6) is -1.13. The fraction of sp³-hybridized carbons (Fsp3) is 0.182. The number of hydrogen-bond donors (Lipinski definition) is 1. The smallest absolute Gasteiger partial charge is 0.339 e. The summed E-state index contributed by atoms with van der Waals surface area (Å²) in [5.41, 5.74) is 0.691. The molecule has 138 valence electrons. The summed E-state index contributed by atoms with van der Waals surface area (Å²) in [6, 6.07) is 17.2. The van der Waals surface area contributed by atoms with Gasteiger partial charge in [-0.2, -0.15) is 0 Å². The van der Waals surface area contributed by atoms with Crippen molar-refractivity contribution in [1.82, 2.24) is 0 Å². The van der Waals surface area contributed by atoms with Gasteiger partial charge in [0.15, 0.2) is 0 Å². The Morgan fingerprint density at radius 1 is 0.963 bits per heavy atom. The van der Waals surface area contributed by atoms with E-state index >= 15 is 0 Å². The van der Waals surface area contributed by atoms with E-state index < -0.39 is 18.0 Å². The van der Waals surface area contributed by atoms with Crippen LogP contribution in [0.4, 0.5) is 0 Å². The molecule has 0 aliphatic rings. The van der Waals surface area contributed by atoms with Crippen LogP contribution in [0, 0.1) is 0 Å². The number of aliphatic hydroxyl groups excluding tert-OH is 1. The second-order valence-electron chi connectivity index (χ2n) is 6.32. The lowest BCUT2D eigenvalue weighted by Crippen LogP contribution is -2.25. The van der Waals surface area contributed by atoms with Crippen molar-refractivity contribution in [3.8, 4) is 0 Å². The Kier molecular flexibility index (Phi) is 5.52. The van der Waals surface area contributed by atoms with Crippen molar-refractivity contribution in [2.45, 2.75) is 13.0 Å². The van der Waals surface area contributed by atoms with Gasteiger partial charge in [-0.05, 0) is 34.5 Å². The van der Waals surface area contributed by atoms with Gasteiger partial charge in [-0.1, -0.05) is 55.1 Å². The predicted molar refractivity (Wildman–Crippen MR) is 104 cm³/mol. The molecule has 27 heavy (non-hydrogen) atoms. The molecule has 3 aromatic carbocycles. The Morgan fingerprint density at radius 2 is 1.48 bits per heavy atom. The van der Waals surface area contributed by atoms with Gasteiger partial charge in [0.25, 0.3) is 0 Å². The molecule has 0 heterocycles. The second-order valence-corrected chi connectivity index (χ2v) is 6.32. The van der Waals surface area contributed by atoms with E-state index in [2.05, 4.69) is 6.58 Å². The van der Waals surface area contributed by atoms with Crippen molar-refractivity contribution in [2.75, 3.05) is 13.2 Å². The fourth-order valence-electron chi connectivity index (χ4n) is 2.82. The average Bonchev–Trinajstić information content (AvgIpc) is 2.68. The van der Waals surface area contributed by atoms with E-state index in [-0.39, 0.29) is 18.8 Å². The van der Waals surface area contributed by atoms with Crippen LogP contribution in [0.25, 0.3) is 21.5 Å². The van der Waals surface area contributed by atoms with E-state index in [1.165, 1.54) is 6.92 Å². The molecular formula is C22H20O5. The highest BCUT2D eigenvalue weighted by molar-refractivity contribution is 6.16. The molecule has 1 unspecified atom stereocenters. The Balaban J connectivity index is 1.80. The maximum absolute atomic E-state index is 12.8. The lowest BCUT2D eigenvalue weighted by Gasteiger charge is -2.14. The molecule has 0 aliphatic heterocycles. The van der Waals surface area contributed by atoms with E-state index in [0.29, 0.717) is 5.56 Å². The predicted octanol–water partition coefficient (Wildman–Crippen LogP) is 3.63. The van der Waals surface area contributed by atoms with Crippen LogP contribution < -0.4 is 0 Å². The van der Waals surface area contributed by atoms with Crippen molar-refractivity contribution in [3.05, 3.63) is 72.3 Å². The third kappa shape index (κ3) is 4.15. The van der Waals surface area contributed by atoms with Crippen molar-refractivity contribution >= 4 is 33.5 Å². The standard InChI is InChI=1S/C22H20O5/c1-14(2)21(24)26-12-17(23)13-27-22(25)20-18-9-5-3-7-15(18)11-16-8-4-6-10-19(16)20/h3-11,17,23H,1,12-13H2,2H3. The summed E-state index contributed by atoms with van der Waals surface area (Å²) in [4.78, 5) is 24.1. The van der Waals surface area contributed by atoms with E-state index in [4.69, 9.17) is 9.47 Å². The number of esters is 2. The molecule has 0 bridgehead atoms. The fourth-order valence-corrected chi connectivity index (χ4v) is 2.82. The van der Waals surface area contributed by atoms with E-state index in [1.54, 1.807) is 0 Å². The van der Waals surface area contributed by atoms with Gasteiger partial charge in [0, 0.05) is 5.57 Å². The van der Waals surface area contributed by atoms with Crippen molar-refractivity contribution in [1.29, 1.82) is 0 Å². The van der Waals surface area contributed by atoms with Gasteiger partial charge in [0.05, 0.1) is 5.56 Å². The molecule has 0 spiro atoms. The minimum Gasteiger partial charge on any atom is -0.459 e. The van der Waals surface area contributed by atoms with Crippen LogP contribution in [0.15, 0.2) is 66.7 Å². The first-order valence-corrected chi connectivity index (χ1v) is 8.55. The van der Waals surface area contributed by atoms with Crippen molar-refractivity contribution in [3.63, 3.8) is 0 Å². The van der Waals surface area contributed by atoms with Gasteiger partial charge in [0.2, 0.25) is 0 Å². The number of benzene rings is 3. The zero-order valence-corrected chi connectivity index (χ0v) is 15.0. The van der Waals surface area contributed by atoms with Gasteiger partial charge in [-0.15, -0.1) is 0 Å². The van der Waals surface area contributed by atoms with Gasteiger partial charge < -0.3 is 14.6 Å². The topological polar surface area (TPSA) is 72.8 Å². The summed E-state index contributed by atoms with van der Waals surface area (Å²) in [7, 11) is 0. The first-order chi connectivity index (χ1) is 13.0. The number of rotatable bonds is 6.